The van der Waals surface area contributed by atoms with Gasteiger partial charge in [-0.05, 0) is 48.5 Å². The largest absolute Gasteiger partial charge is 0.455 e. The van der Waals surface area contributed by atoms with E-state index in [-0.39, 0.29) is 0 Å². The summed E-state index contributed by atoms with van der Waals surface area (Å²) >= 11 is 5.87. The van der Waals surface area contributed by atoms with Gasteiger partial charge in [-0.25, -0.2) is 0 Å². The Morgan fingerprint density at radius 1 is 0.905 bits per heavy atom. The summed E-state index contributed by atoms with van der Waals surface area (Å²) in [5.74, 6) is 1.47. The van der Waals surface area contributed by atoms with E-state index >= 15 is 0 Å². The molecule has 3 rings (SSSR count). The van der Waals surface area contributed by atoms with Crippen molar-refractivity contribution in [1.82, 2.24) is 0 Å². The Morgan fingerprint density at radius 3 is 2.43 bits per heavy atom. The molecule has 0 amide bonds. The molecule has 0 bridgehead atoms. The number of furan rings is 1. The molecule has 4 heteroatoms. The van der Waals surface area contributed by atoms with Crippen molar-refractivity contribution in [3.05, 3.63) is 77.5 Å². The Hall–Kier alpha value is -2.52. The van der Waals surface area contributed by atoms with Crippen LogP contribution in [-0.2, 0) is 0 Å². The topological polar surface area (TPSA) is 37.5 Å². The molecule has 1 aromatic heterocycles. The van der Waals surface area contributed by atoms with Gasteiger partial charge >= 0.3 is 0 Å². The lowest BCUT2D eigenvalue weighted by molar-refractivity contribution is 0.575. The highest BCUT2D eigenvalue weighted by atomic mass is 35.5. The van der Waals surface area contributed by atoms with Crippen LogP contribution >= 0.6 is 11.6 Å². The highest BCUT2D eigenvalue weighted by Gasteiger charge is 2.03. The molecule has 0 spiro atoms. The van der Waals surface area contributed by atoms with Gasteiger partial charge in [0, 0.05) is 10.6 Å². The smallest absolute Gasteiger partial charge is 0.147 e. The van der Waals surface area contributed by atoms with E-state index in [1.165, 1.54) is 0 Å². The van der Waals surface area contributed by atoms with Crippen LogP contribution in [0.15, 0.2) is 76.2 Å². The van der Waals surface area contributed by atoms with Crippen molar-refractivity contribution in [2.45, 2.75) is 0 Å². The van der Waals surface area contributed by atoms with E-state index < -0.39 is 0 Å². The fraction of sp³-hybridized carbons (Fsp3) is 0. The molecule has 0 saturated carbocycles. The summed E-state index contributed by atoms with van der Waals surface area (Å²) in [6, 6.07) is 21.0. The number of anilines is 1. The Bertz CT molecular complexity index is 733. The summed E-state index contributed by atoms with van der Waals surface area (Å²) in [5, 5.41) is 4.85. The average molecular weight is 297 g/mol. The van der Waals surface area contributed by atoms with Crippen molar-refractivity contribution in [3.8, 4) is 11.3 Å². The third-order valence-corrected chi connectivity index (χ3v) is 3.17. The van der Waals surface area contributed by atoms with Gasteiger partial charge in [-0.1, -0.05) is 29.8 Å². The number of rotatable bonds is 4. The quantitative estimate of drug-likeness (QED) is 0.540. The summed E-state index contributed by atoms with van der Waals surface area (Å²) in [6.45, 7) is 0. The minimum Gasteiger partial charge on any atom is -0.455 e. The van der Waals surface area contributed by atoms with Crippen molar-refractivity contribution < 1.29 is 4.42 Å². The zero-order chi connectivity index (χ0) is 14.5. The standard InChI is InChI=1S/C17H13ClN2O/c18-14-8-6-13(7-9-14)17-11-10-16(21-17)12-19-20-15-4-2-1-3-5-15/h1-12,20H. The van der Waals surface area contributed by atoms with E-state index in [2.05, 4.69) is 10.5 Å². The van der Waals surface area contributed by atoms with E-state index in [0.717, 1.165) is 17.0 Å². The SMILES string of the molecule is Clc1ccc(-c2ccc(C=NNc3ccccc3)o2)cc1. The second-order valence-electron chi connectivity index (χ2n) is 4.44. The second kappa shape index (κ2) is 6.29. The highest BCUT2D eigenvalue weighted by molar-refractivity contribution is 6.30. The molecule has 2 aromatic carbocycles. The molecular formula is C17H13ClN2O. The summed E-state index contributed by atoms with van der Waals surface area (Å²) in [7, 11) is 0. The van der Waals surface area contributed by atoms with Crippen molar-refractivity contribution >= 4 is 23.5 Å². The Kier molecular flexibility index (Phi) is 4.03. The molecule has 21 heavy (non-hydrogen) atoms. The van der Waals surface area contributed by atoms with Crippen LogP contribution in [0.4, 0.5) is 5.69 Å². The summed E-state index contributed by atoms with van der Waals surface area (Å²) < 4.78 is 5.72. The molecular weight excluding hydrogens is 284 g/mol. The van der Waals surface area contributed by atoms with E-state index in [1.54, 1.807) is 6.21 Å². The fourth-order valence-corrected chi connectivity index (χ4v) is 2.00. The molecule has 1 heterocycles. The first-order chi connectivity index (χ1) is 10.3. The first kappa shape index (κ1) is 13.5. The molecule has 0 aliphatic heterocycles. The zero-order valence-corrected chi connectivity index (χ0v) is 11.9. The van der Waals surface area contributed by atoms with Crippen LogP contribution in [0, 0.1) is 0 Å². The predicted octanol–water partition coefficient (Wildman–Crippen LogP) is 5.05. The molecule has 0 unspecified atom stereocenters. The number of hydrazone groups is 1. The molecule has 3 aromatic rings. The molecule has 1 N–H and O–H groups in total. The van der Waals surface area contributed by atoms with Crippen molar-refractivity contribution in [2.24, 2.45) is 5.10 Å². The lowest BCUT2D eigenvalue weighted by atomic mass is 10.2. The predicted molar refractivity (Wildman–Crippen MR) is 86.8 cm³/mol. The van der Waals surface area contributed by atoms with Gasteiger partial charge in [-0.2, -0.15) is 5.10 Å². The maximum absolute atomic E-state index is 5.87. The van der Waals surface area contributed by atoms with Crippen LogP contribution < -0.4 is 5.43 Å². The summed E-state index contributed by atoms with van der Waals surface area (Å²) in [5.41, 5.74) is 4.85. The Balaban J connectivity index is 1.69. The first-order valence-corrected chi connectivity index (χ1v) is 6.89. The molecule has 0 aliphatic rings. The molecule has 0 fully saturated rings. The van der Waals surface area contributed by atoms with Crippen LogP contribution in [0.2, 0.25) is 5.02 Å². The Labute approximate surface area is 127 Å². The number of para-hydroxylation sites is 1. The van der Waals surface area contributed by atoms with Gasteiger partial charge < -0.3 is 4.42 Å². The maximum atomic E-state index is 5.87. The van der Waals surface area contributed by atoms with Gasteiger partial charge in [-0.3, -0.25) is 5.43 Å². The van der Waals surface area contributed by atoms with E-state index in [4.69, 9.17) is 16.0 Å². The zero-order valence-electron chi connectivity index (χ0n) is 11.2. The third kappa shape index (κ3) is 3.52. The number of halogens is 1. The van der Waals surface area contributed by atoms with Crippen LogP contribution in [0.5, 0.6) is 0 Å². The molecule has 0 atom stereocenters. The maximum Gasteiger partial charge on any atom is 0.147 e. The van der Waals surface area contributed by atoms with E-state index in [1.807, 2.05) is 66.7 Å². The van der Waals surface area contributed by atoms with Crippen LogP contribution in [0.25, 0.3) is 11.3 Å². The van der Waals surface area contributed by atoms with Gasteiger partial charge in [0.25, 0.3) is 0 Å². The number of benzene rings is 2. The molecule has 104 valence electrons. The van der Waals surface area contributed by atoms with E-state index in [0.29, 0.717) is 10.8 Å². The van der Waals surface area contributed by atoms with Gasteiger partial charge in [0.05, 0.1) is 11.9 Å². The summed E-state index contributed by atoms with van der Waals surface area (Å²) in [4.78, 5) is 0. The molecule has 0 radical (unpaired) electrons. The second-order valence-corrected chi connectivity index (χ2v) is 4.88. The van der Waals surface area contributed by atoms with Gasteiger partial charge in [0.15, 0.2) is 0 Å². The van der Waals surface area contributed by atoms with Crippen molar-refractivity contribution in [1.29, 1.82) is 0 Å². The first-order valence-electron chi connectivity index (χ1n) is 6.51. The average Bonchev–Trinajstić information content (AvgIpc) is 2.98. The lowest BCUT2D eigenvalue weighted by Crippen LogP contribution is -1.88. The highest BCUT2D eigenvalue weighted by Crippen LogP contribution is 2.23. The van der Waals surface area contributed by atoms with Crippen molar-refractivity contribution in [3.63, 3.8) is 0 Å². The van der Waals surface area contributed by atoms with Crippen molar-refractivity contribution in [2.75, 3.05) is 5.43 Å². The van der Waals surface area contributed by atoms with Crippen LogP contribution in [0.1, 0.15) is 5.76 Å². The molecule has 3 nitrogen and oxygen atoms in total. The van der Waals surface area contributed by atoms with Gasteiger partial charge in [0.1, 0.15) is 11.5 Å². The van der Waals surface area contributed by atoms with Gasteiger partial charge in [0.2, 0.25) is 0 Å². The molecule has 0 saturated heterocycles. The number of nitrogens with zero attached hydrogens (tertiary/aromatic N) is 1. The molecule has 0 aliphatic carbocycles. The summed E-state index contributed by atoms with van der Waals surface area (Å²) in [6.07, 6.45) is 1.65. The minimum absolute atomic E-state index is 0.684. The van der Waals surface area contributed by atoms with E-state index in [9.17, 15) is 0 Å². The van der Waals surface area contributed by atoms with Gasteiger partial charge in [-0.15, -0.1) is 0 Å². The number of hydrogen-bond acceptors (Lipinski definition) is 3. The van der Waals surface area contributed by atoms with Crippen LogP contribution in [0.3, 0.4) is 0 Å². The lowest BCUT2D eigenvalue weighted by Gasteiger charge is -1.98. The monoisotopic (exact) mass is 296 g/mol. The fourth-order valence-electron chi connectivity index (χ4n) is 1.87. The normalized spacial score (nSPS) is 10.9. The van der Waals surface area contributed by atoms with Crippen LogP contribution in [-0.4, -0.2) is 6.21 Å². The minimum atomic E-state index is 0.684. The number of nitrogens with one attached hydrogen (secondary N) is 1. The number of hydrogen-bond donors (Lipinski definition) is 1. The third-order valence-electron chi connectivity index (χ3n) is 2.91. The Morgan fingerprint density at radius 2 is 1.67 bits per heavy atom.